The van der Waals surface area contributed by atoms with Gasteiger partial charge in [-0.3, -0.25) is 0 Å². The highest BCUT2D eigenvalue weighted by atomic mass is 16.5. The number of aliphatic hydroxyl groups is 1. The fourth-order valence-corrected chi connectivity index (χ4v) is 3.21. The molecule has 0 saturated heterocycles. The number of benzene rings is 1. The Morgan fingerprint density at radius 3 is 2.46 bits per heavy atom. The summed E-state index contributed by atoms with van der Waals surface area (Å²) in [6.45, 7) is 0.302. The average Bonchev–Trinajstić information content (AvgIpc) is 2.85. The van der Waals surface area contributed by atoms with Crippen LogP contribution in [0.25, 0.3) is 0 Å². The predicted molar refractivity (Wildman–Crippen MR) is 92.4 cm³/mol. The van der Waals surface area contributed by atoms with E-state index in [1.54, 1.807) is 14.2 Å². The fourth-order valence-electron chi connectivity index (χ4n) is 3.21. The molecule has 0 heterocycles. The number of amides is 2. The number of hydrogen-bond acceptors (Lipinski definition) is 4. The minimum Gasteiger partial charge on any atom is -0.497 e. The van der Waals surface area contributed by atoms with E-state index < -0.39 is 5.54 Å². The maximum Gasteiger partial charge on any atom is 0.315 e. The lowest BCUT2D eigenvalue weighted by Gasteiger charge is -2.32. The van der Waals surface area contributed by atoms with E-state index in [2.05, 4.69) is 10.6 Å². The standard InChI is InChI=1S/C18H28N2O4/c1-23-15-7-8-16(24-2)14(11-15)12-19-17(22)20-18(13-21)9-5-3-4-6-10-18/h7-8,11,21H,3-6,9-10,12-13H2,1-2H3,(H2,19,20,22). The molecule has 0 spiro atoms. The second-order valence-electron chi connectivity index (χ2n) is 6.34. The van der Waals surface area contributed by atoms with Crippen molar-refractivity contribution in [1.29, 1.82) is 0 Å². The van der Waals surface area contributed by atoms with Crippen LogP contribution in [0.2, 0.25) is 0 Å². The largest absolute Gasteiger partial charge is 0.497 e. The van der Waals surface area contributed by atoms with Crippen LogP contribution in [-0.4, -0.2) is 37.5 Å². The summed E-state index contributed by atoms with van der Waals surface area (Å²) >= 11 is 0. The Bertz CT molecular complexity index is 540. The van der Waals surface area contributed by atoms with Gasteiger partial charge in [0, 0.05) is 12.1 Å². The van der Waals surface area contributed by atoms with Crippen LogP contribution in [0.1, 0.15) is 44.1 Å². The van der Waals surface area contributed by atoms with Gasteiger partial charge in [-0.15, -0.1) is 0 Å². The molecule has 1 aliphatic rings. The Morgan fingerprint density at radius 1 is 1.17 bits per heavy atom. The van der Waals surface area contributed by atoms with Gasteiger partial charge in [0.05, 0.1) is 26.4 Å². The maximum absolute atomic E-state index is 12.3. The molecule has 1 aromatic carbocycles. The second-order valence-corrected chi connectivity index (χ2v) is 6.34. The summed E-state index contributed by atoms with van der Waals surface area (Å²) in [6.07, 6.45) is 6.02. The Balaban J connectivity index is 1.97. The zero-order chi connectivity index (χ0) is 17.4. The van der Waals surface area contributed by atoms with Gasteiger partial charge in [-0.25, -0.2) is 4.79 Å². The van der Waals surface area contributed by atoms with Gasteiger partial charge in [0.2, 0.25) is 0 Å². The van der Waals surface area contributed by atoms with Crippen LogP contribution >= 0.6 is 0 Å². The Labute approximate surface area is 143 Å². The summed E-state index contributed by atoms with van der Waals surface area (Å²) in [5.41, 5.74) is 0.338. The molecule has 0 bridgehead atoms. The minimum atomic E-state index is -0.501. The molecule has 1 saturated carbocycles. The highest BCUT2D eigenvalue weighted by molar-refractivity contribution is 5.75. The third kappa shape index (κ3) is 4.77. The zero-order valence-corrected chi connectivity index (χ0v) is 14.6. The minimum absolute atomic E-state index is 0.0249. The van der Waals surface area contributed by atoms with Crippen molar-refractivity contribution in [3.63, 3.8) is 0 Å². The molecular weight excluding hydrogens is 308 g/mol. The monoisotopic (exact) mass is 336 g/mol. The molecule has 1 aromatic rings. The van der Waals surface area contributed by atoms with Crippen LogP contribution in [0.4, 0.5) is 4.79 Å². The second kappa shape index (κ2) is 8.78. The van der Waals surface area contributed by atoms with Gasteiger partial charge in [-0.1, -0.05) is 25.7 Å². The van der Waals surface area contributed by atoms with Crippen molar-refractivity contribution >= 4 is 6.03 Å². The van der Waals surface area contributed by atoms with Crippen molar-refractivity contribution < 1.29 is 19.4 Å². The van der Waals surface area contributed by atoms with Crippen LogP contribution in [0.15, 0.2) is 18.2 Å². The van der Waals surface area contributed by atoms with Crippen LogP contribution in [0.5, 0.6) is 11.5 Å². The smallest absolute Gasteiger partial charge is 0.315 e. The third-order valence-corrected chi connectivity index (χ3v) is 4.67. The summed E-state index contributed by atoms with van der Waals surface area (Å²) in [4.78, 5) is 12.3. The number of hydrogen-bond donors (Lipinski definition) is 3. The SMILES string of the molecule is COc1ccc(OC)c(CNC(=O)NC2(CO)CCCCCC2)c1. The summed E-state index contributed by atoms with van der Waals surface area (Å²) in [6, 6.07) is 5.20. The van der Waals surface area contributed by atoms with Crippen molar-refractivity contribution in [3.05, 3.63) is 23.8 Å². The average molecular weight is 336 g/mol. The molecule has 0 aromatic heterocycles. The summed E-state index contributed by atoms with van der Waals surface area (Å²) in [7, 11) is 3.19. The summed E-state index contributed by atoms with van der Waals surface area (Å²) in [5.74, 6) is 1.41. The lowest BCUT2D eigenvalue weighted by atomic mass is 9.91. The Kier molecular flexibility index (Phi) is 6.73. The van der Waals surface area contributed by atoms with Gasteiger partial charge in [0.15, 0.2) is 0 Å². The first kappa shape index (κ1) is 18.4. The van der Waals surface area contributed by atoms with Crippen molar-refractivity contribution in [2.45, 2.75) is 50.6 Å². The van der Waals surface area contributed by atoms with E-state index in [-0.39, 0.29) is 12.6 Å². The molecule has 1 fully saturated rings. The summed E-state index contributed by atoms with van der Waals surface area (Å²) < 4.78 is 10.5. The van der Waals surface area contributed by atoms with Crippen LogP contribution in [-0.2, 0) is 6.54 Å². The quantitative estimate of drug-likeness (QED) is 0.698. The molecule has 6 heteroatoms. The maximum atomic E-state index is 12.3. The van der Waals surface area contributed by atoms with E-state index in [0.717, 1.165) is 44.1 Å². The molecule has 3 N–H and O–H groups in total. The molecule has 134 valence electrons. The Hall–Kier alpha value is -1.95. The number of urea groups is 1. The molecule has 0 unspecified atom stereocenters. The van der Waals surface area contributed by atoms with E-state index in [9.17, 15) is 9.90 Å². The van der Waals surface area contributed by atoms with Gasteiger partial charge in [0.1, 0.15) is 11.5 Å². The highest BCUT2D eigenvalue weighted by Crippen LogP contribution is 2.27. The van der Waals surface area contributed by atoms with E-state index in [1.165, 1.54) is 0 Å². The van der Waals surface area contributed by atoms with Crippen LogP contribution in [0, 0.1) is 0 Å². The van der Waals surface area contributed by atoms with Gasteiger partial charge in [-0.05, 0) is 31.0 Å². The summed E-state index contributed by atoms with van der Waals surface area (Å²) in [5, 5.41) is 15.6. The van der Waals surface area contributed by atoms with E-state index in [1.807, 2.05) is 18.2 Å². The van der Waals surface area contributed by atoms with Crippen LogP contribution < -0.4 is 20.1 Å². The predicted octanol–water partition coefficient (Wildman–Crippen LogP) is 2.59. The molecule has 0 aliphatic heterocycles. The van der Waals surface area contributed by atoms with Crippen molar-refractivity contribution in [2.75, 3.05) is 20.8 Å². The molecule has 24 heavy (non-hydrogen) atoms. The topological polar surface area (TPSA) is 79.8 Å². The first-order valence-electron chi connectivity index (χ1n) is 8.50. The molecule has 6 nitrogen and oxygen atoms in total. The number of ether oxygens (including phenoxy) is 2. The van der Waals surface area contributed by atoms with Gasteiger partial charge in [-0.2, -0.15) is 0 Å². The lowest BCUT2D eigenvalue weighted by molar-refractivity contribution is 0.145. The lowest BCUT2D eigenvalue weighted by Crippen LogP contribution is -2.54. The number of rotatable bonds is 6. The van der Waals surface area contributed by atoms with Crippen LogP contribution in [0.3, 0.4) is 0 Å². The first-order chi connectivity index (χ1) is 11.6. The van der Waals surface area contributed by atoms with Gasteiger partial charge < -0.3 is 25.2 Å². The van der Waals surface area contributed by atoms with Crippen molar-refractivity contribution in [2.24, 2.45) is 0 Å². The highest BCUT2D eigenvalue weighted by Gasteiger charge is 2.31. The molecular formula is C18H28N2O4. The number of aliphatic hydroxyl groups excluding tert-OH is 1. The Morgan fingerprint density at radius 2 is 1.88 bits per heavy atom. The van der Waals surface area contributed by atoms with E-state index in [0.29, 0.717) is 18.0 Å². The first-order valence-corrected chi connectivity index (χ1v) is 8.50. The number of carbonyl (C=O) groups is 1. The fraction of sp³-hybridized carbons (Fsp3) is 0.611. The number of methoxy groups -OCH3 is 2. The number of carbonyl (C=O) groups excluding carboxylic acids is 1. The number of nitrogens with one attached hydrogen (secondary N) is 2. The normalized spacial score (nSPS) is 16.8. The molecule has 0 atom stereocenters. The van der Waals surface area contributed by atoms with Crippen molar-refractivity contribution in [1.82, 2.24) is 10.6 Å². The third-order valence-electron chi connectivity index (χ3n) is 4.67. The van der Waals surface area contributed by atoms with Gasteiger partial charge >= 0.3 is 6.03 Å². The van der Waals surface area contributed by atoms with E-state index in [4.69, 9.17) is 9.47 Å². The van der Waals surface area contributed by atoms with Gasteiger partial charge in [0.25, 0.3) is 0 Å². The molecule has 0 radical (unpaired) electrons. The van der Waals surface area contributed by atoms with Crippen molar-refractivity contribution in [3.8, 4) is 11.5 Å². The molecule has 2 rings (SSSR count). The molecule has 2 amide bonds. The molecule has 1 aliphatic carbocycles. The zero-order valence-electron chi connectivity index (χ0n) is 14.6. The van der Waals surface area contributed by atoms with E-state index >= 15 is 0 Å².